The minimum Gasteiger partial charge on any atom is -0.549 e. The van der Waals surface area contributed by atoms with Crippen LogP contribution in [0.4, 0.5) is 0 Å². The summed E-state index contributed by atoms with van der Waals surface area (Å²) in [5.74, 6) is -4.11. The fraction of sp³-hybridized carbons (Fsp3) is 0.750. The van der Waals surface area contributed by atoms with Crippen LogP contribution in [0, 0.1) is 0 Å². The van der Waals surface area contributed by atoms with Gasteiger partial charge in [0.25, 0.3) is 0 Å². The summed E-state index contributed by atoms with van der Waals surface area (Å²) in [6.45, 7) is 0. The van der Waals surface area contributed by atoms with Crippen molar-refractivity contribution in [3.05, 3.63) is 0 Å². The van der Waals surface area contributed by atoms with Gasteiger partial charge in [0.2, 0.25) is 0 Å². The van der Waals surface area contributed by atoms with Crippen LogP contribution in [0.5, 0.6) is 0 Å². The molecule has 0 unspecified atom stereocenters. The van der Waals surface area contributed by atoms with Gasteiger partial charge in [0.1, 0.15) is 6.16 Å². The first-order chi connectivity index (χ1) is 13.6. The van der Waals surface area contributed by atoms with Gasteiger partial charge in [-0.2, -0.15) is 0 Å². The Morgan fingerprint density at radius 2 is 0.806 bits per heavy atom. The maximum absolute atomic E-state index is 10.9. The SMILES string of the molecule is COP(=O)(CC(=O)O)OC.COP(=O)(CC(=O)[O-])OC.COP(=O)(CC(=O)[O-])OC.[Al+3]. The number of carbonyl (C=O) groups is 3. The summed E-state index contributed by atoms with van der Waals surface area (Å²) in [7, 11) is -3.37. The van der Waals surface area contributed by atoms with Crippen molar-refractivity contribution in [2.75, 3.05) is 61.1 Å². The zero-order valence-electron chi connectivity index (χ0n) is 17.7. The molecule has 0 rings (SSSR count). The van der Waals surface area contributed by atoms with E-state index >= 15 is 0 Å². The van der Waals surface area contributed by atoms with Crippen LogP contribution in [0.25, 0.3) is 0 Å². The van der Waals surface area contributed by atoms with Crippen molar-refractivity contribution in [2.24, 2.45) is 0 Å². The molecule has 0 aromatic heterocycles. The second-order valence-corrected chi connectivity index (χ2v) is 11.3. The van der Waals surface area contributed by atoms with Crippen molar-refractivity contribution < 1.29 is 70.5 Å². The normalized spacial score (nSPS) is 11.0. The van der Waals surface area contributed by atoms with E-state index in [0.29, 0.717) is 0 Å². The van der Waals surface area contributed by atoms with E-state index in [1.165, 1.54) is 0 Å². The van der Waals surface area contributed by atoms with Gasteiger partial charge in [0.15, 0.2) is 0 Å². The minimum absolute atomic E-state index is 0. The van der Waals surface area contributed by atoms with E-state index in [1.54, 1.807) is 0 Å². The quantitative estimate of drug-likeness (QED) is 0.227. The first-order valence-corrected chi connectivity index (χ1v) is 12.5. The Balaban J connectivity index is -0.000000174. The third-order valence-corrected chi connectivity index (χ3v) is 7.93. The van der Waals surface area contributed by atoms with Gasteiger partial charge >= 0.3 is 46.1 Å². The van der Waals surface area contributed by atoms with Crippen LogP contribution in [0.3, 0.4) is 0 Å². The van der Waals surface area contributed by atoms with Crippen LogP contribution in [0.15, 0.2) is 0 Å². The molecule has 0 aliphatic rings. The molecule has 0 aromatic rings. The average Bonchev–Trinajstić information content (AvgIpc) is 2.67. The Hall–Kier alpha value is -0.608. The largest absolute Gasteiger partial charge is 3.00 e. The molecule has 0 aromatic carbocycles. The Bertz CT molecular complexity index is 568. The van der Waals surface area contributed by atoms with E-state index in [-0.39, 0.29) is 17.4 Å². The second kappa shape index (κ2) is 18.9. The summed E-state index contributed by atoms with van der Waals surface area (Å²) in [5.41, 5.74) is 0. The van der Waals surface area contributed by atoms with Crippen molar-refractivity contribution in [2.45, 2.75) is 0 Å². The number of hydrogen-bond donors (Lipinski definition) is 1. The molecule has 19 heteroatoms. The zero-order chi connectivity index (χ0) is 24.6. The van der Waals surface area contributed by atoms with Gasteiger partial charge in [0.05, 0.1) is 24.3 Å². The number of carboxylic acid groups (broad SMARTS) is 3. The molecular weight excluding hydrogens is 504 g/mol. The van der Waals surface area contributed by atoms with Gasteiger partial charge < -0.3 is 52.1 Å². The van der Waals surface area contributed by atoms with E-state index in [1.807, 2.05) is 0 Å². The summed E-state index contributed by atoms with van der Waals surface area (Å²) >= 11 is 0. The summed E-state index contributed by atoms with van der Waals surface area (Å²) in [5, 5.41) is 28.0. The van der Waals surface area contributed by atoms with Gasteiger partial charge in [-0.05, 0) is 0 Å². The van der Waals surface area contributed by atoms with E-state index in [2.05, 4.69) is 27.1 Å². The molecular formula is C12H25AlO15P3+. The predicted octanol–water partition coefficient (Wildman–Crippen LogP) is -1.38. The molecule has 1 N–H and O–H groups in total. The molecule has 0 saturated heterocycles. The molecule has 0 heterocycles. The Morgan fingerprint density at radius 3 is 0.871 bits per heavy atom. The number of rotatable bonds is 12. The first-order valence-electron chi connectivity index (χ1n) is 7.35. The van der Waals surface area contributed by atoms with Crippen LogP contribution in [-0.2, 0) is 55.2 Å². The average molecular weight is 529 g/mol. The summed E-state index contributed by atoms with van der Waals surface area (Å²) in [6.07, 6.45) is -2.01. The molecule has 31 heavy (non-hydrogen) atoms. The maximum Gasteiger partial charge on any atom is 3.00 e. The Kier molecular flexibility index (Phi) is 23.0. The van der Waals surface area contributed by atoms with Gasteiger partial charge in [-0.3, -0.25) is 18.5 Å². The van der Waals surface area contributed by atoms with Gasteiger partial charge in [0, 0.05) is 42.7 Å². The smallest absolute Gasteiger partial charge is 0.549 e. The Labute approximate surface area is 190 Å². The number of carboxylic acids is 3. The summed E-state index contributed by atoms with van der Waals surface area (Å²) < 4.78 is 58.7. The molecule has 0 spiro atoms. The number of hydrogen-bond acceptors (Lipinski definition) is 14. The molecule has 180 valence electrons. The van der Waals surface area contributed by atoms with Crippen LogP contribution < -0.4 is 10.2 Å². The maximum atomic E-state index is 10.9. The third kappa shape index (κ3) is 21.0. The van der Waals surface area contributed by atoms with Crippen LogP contribution in [-0.4, -0.2) is 102 Å². The van der Waals surface area contributed by atoms with Crippen molar-refractivity contribution in [3.63, 3.8) is 0 Å². The Morgan fingerprint density at radius 1 is 0.613 bits per heavy atom. The van der Waals surface area contributed by atoms with Crippen LogP contribution >= 0.6 is 22.8 Å². The fourth-order valence-electron chi connectivity index (χ4n) is 1.09. The number of carbonyl (C=O) groups excluding carboxylic acids is 2. The van der Waals surface area contributed by atoms with E-state index in [0.717, 1.165) is 42.7 Å². The molecule has 0 saturated carbocycles. The zero-order valence-corrected chi connectivity index (χ0v) is 21.5. The summed E-state index contributed by atoms with van der Waals surface area (Å²) in [6, 6.07) is 0. The standard InChI is InChI=1S/3C4H9O5P.Al/c3*1-8-10(7,9-2)3-4(5)6;/h3*3H2,1-2H3,(H,5,6);/q;;;+3/p-2. The van der Waals surface area contributed by atoms with Crippen LogP contribution in [0.1, 0.15) is 0 Å². The second-order valence-electron chi connectivity index (χ2n) is 4.54. The molecule has 0 radical (unpaired) electrons. The molecule has 0 bridgehead atoms. The molecule has 0 fully saturated rings. The van der Waals surface area contributed by atoms with Gasteiger partial charge in [-0.25, -0.2) is 0 Å². The van der Waals surface area contributed by atoms with Crippen molar-refractivity contribution >= 4 is 58.1 Å². The van der Waals surface area contributed by atoms with E-state index in [9.17, 15) is 38.3 Å². The molecule has 0 aliphatic heterocycles. The predicted molar refractivity (Wildman–Crippen MR) is 103 cm³/mol. The first kappa shape index (κ1) is 37.7. The third-order valence-electron chi connectivity index (χ3n) is 2.64. The van der Waals surface area contributed by atoms with Crippen molar-refractivity contribution in [1.82, 2.24) is 0 Å². The van der Waals surface area contributed by atoms with Gasteiger partial charge in [-0.1, -0.05) is 0 Å². The van der Waals surface area contributed by atoms with Gasteiger partial charge in [-0.15, -0.1) is 0 Å². The molecule has 0 amide bonds. The molecule has 0 atom stereocenters. The van der Waals surface area contributed by atoms with E-state index < -0.39 is 59.2 Å². The summed E-state index contributed by atoms with van der Waals surface area (Å²) in [4.78, 5) is 29.8. The van der Waals surface area contributed by atoms with Crippen LogP contribution in [0.2, 0.25) is 0 Å². The monoisotopic (exact) mass is 529 g/mol. The number of aliphatic carboxylic acids is 3. The fourth-order valence-corrected chi connectivity index (χ4v) is 3.28. The topological polar surface area (TPSA) is 224 Å². The molecule has 0 aliphatic carbocycles. The molecule has 15 nitrogen and oxygen atoms in total. The van der Waals surface area contributed by atoms with Crippen molar-refractivity contribution in [3.8, 4) is 0 Å². The van der Waals surface area contributed by atoms with E-state index in [4.69, 9.17) is 5.11 Å². The van der Waals surface area contributed by atoms with Crippen molar-refractivity contribution in [1.29, 1.82) is 0 Å². The minimum atomic E-state index is -3.40.